The molecule has 0 spiro atoms. The Morgan fingerprint density at radius 1 is 0.373 bits per heavy atom. The smallest absolute Gasteiger partial charge is 0.164 e. The normalized spacial score (nSPS) is 13.1. The Hall–Kier alpha value is -6.45. The van der Waals surface area contributed by atoms with Gasteiger partial charge >= 0.3 is 0 Å². The summed E-state index contributed by atoms with van der Waals surface area (Å²) in [4.78, 5) is 15.7. The van der Waals surface area contributed by atoms with Crippen LogP contribution in [0.4, 0.5) is 0 Å². The molecule has 1 aliphatic carbocycles. The first-order chi connectivity index (χ1) is 25.0. The van der Waals surface area contributed by atoms with Gasteiger partial charge in [0, 0.05) is 22.1 Å². The third kappa shape index (κ3) is 4.69. The highest BCUT2D eigenvalue weighted by Gasteiger charge is 2.39. The molecule has 0 unspecified atom stereocenters. The van der Waals surface area contributed by atoms with Crippen LogP contribution in [0.3, 0.4) is 0 Å². The second kappa shape index (κ2) is 11.3. The van der Waals surface area contributed by atoms with E-state index in [1.807, 2.05) is 18.2 Å². The molecular formula is C48H33N3. The van der Waals surface area contributed by atoms with Crippen molar-refractivity contribution in [2.24, 2.45) is 0 Å². The summed E-state index contributed by atoms with van der Waals surface area (Å²) >= 11 is 0. The highest BCUT2D eigenvalue weighted by molar-refractivity contribution is 6.09. The minimum atomic E-state index is -0.237. The van der Waals surface area contributed by atoms with Gasteiger partial charge in [0.05, 0.1) is 0 Å². The van der Waals surface area contributed by atoms with Crippen molar-refractivity contribution in [3.8, 4) is 56.4 Å². The molecule has 1 aliphatic rings. The molecule has 1 aromatic heterocycles. The van der Waals surface area contributed by atoms with E-state index in [1.165, 1.54) is 60.3 Å². The van der Waals surface area contributed by atoms with Crippen molar-refractivity contribution in [2.45, 2.75) is 19.3 Å². The van der Waals surface area contributed by atoms with E-state index in [9.17, 15) is 0 Å². The zero-order valence-corrected chi connectivity index (χ0v) is 28.4. The summed E-state index contributed by atoms with van der Waals surface area (Å²) < 4.78 is 0. The zero-order chi connectivity index (χ0) is 34.1. The number of aromatic nitrogens is 3. The maximum Gasteiger partial charge on any atom is 0.164 e. The number of benzene rings is 8. The Labute approximate surface area is 297 Å². The van der Waals surface area contributed by atoms with E-state index in [1.54, 1.807) is 0 Å². The van der Waals surface area contributed by atoms with E-state index in [0.29, 0.717) is 17.5 Å². The number of rotatable bonds is 4. The molecule has 0 N–H and O–H groups in total. The predicted molar refractivity (Wildman–Crippen MR) is 212 cm³/mol. The quantitative estimate of drug-likeness (QED) is 0.190. The van der Waals surface area contributed by atoms with Crippen LogP contribution in [0.15, 0.2) is 164 Å². The van der Waals surface area contributed by atoms with Crippen molar-refractivity contribution >= 4 is 32.3 Å². The van der Waals surface area contributed by atoms with Crippen LogP contribution in [0.2, 0.25) is 0 Å². The number of fused-ring (bicyclic) bond motifs is 7. The van der Waals surface area contributed by atoms with Crippen LogP contribution in [-0.4, -0.2) is 15.0 Å². The molecule has 0 atom stereocenters. The van der Waals surface area contributed by atoms with Gasteiger partial charge in [-0.15, -0.1) is 0 Å². The molecule has 0 saturated carbocycles. The fourth-order valence-corrected chi connectivity index (χ4v) is 8.19. The van der Waals surface area contributed by atoms with Gasteiger partial charge in [-0.2, -0.15) is 0 Å². The van der Waals surface area contributed by atoms with Gasteiger partial charge in [-0.05, 0) is 83.9 Å². The van der Waals surface area contributed by atoms with Gasteiger partial charge in [0.2, 0.25) is 0 Å². The summed E-state index contributed by atoms with van der Waals surface area (Å²) in [5, 5.41) is 7.25. The molecule has 0 saturated heterocycles. The van der Waals surface area contributed by atoms with Crippen LogP contribution in [0.25, 0.3) is 88.7 Å². The molecule has 10 rings (SSSR count). The molecule has 51 heavy (non-hydrogen) atoms. The summed E-state index contributed by atoms with van der Waals surface area (Å²) in [6, 6.07) is 58.4. The van der Waals surface area contributed by atoms with Crippen LogP contribution in [0.5, 0.6) is 0 Å². The first-order valence-corrected chi connectivity index (χ1v) is 17.5. The fraction of sp³-hybridized carbons (Fsp3) is 0.0625. The molecule has 0 aliphatic heterocycles. The van der Waals surface area contributed by atoms with E-state index < -0.39 is 0 Å². The van der Waals surface area contributed by atoms with Gasteiger partial charge in [-0.3, -0.25) is 0 Å². The highest BCUT2D eigenvalue weighted by Crippen LogP contribution is 2.55. The van der Waals surface area contributed by atoms with E-state index in [0.717, 1.165) is 22.1 Å². The molecule has 3 heteroatoms. The largest absolute Gasteiger partial charge is 0.208 e. The third-order valence-corrected chi connectivity index (χ3v) is 10.7. The molecule has 9 aromatic rings. The Balaban J connectivity index is 1.30. The van der Waals surface area contributed by atoms with E-state index in [-0.39, 0.29) is 5.41 Å². The van der Waals surface area contributed by atoms with Crippen molar-refractivity contribution in [1.29, 1.82) is 0 Å². The molecular weight excluding hydrogens is 619 g/mol. The predicted octanol–water partition coefficient (Wildman–Crippen LogP) is 12.3. The molecule has 0 radical (unpaired) electrons. The van der Waals surface area contributed by atoms with E-state index in [2.05, 4.69) is 159 Å². The maximum atomic E-state index is 5.33. The number of hydrogen-bond acceptors (Lipinski definition) is 3. The lowest BCUT2D eigenvalue weighted by molar-refractivity contribution is 0.666. The molecule has 8 aromatic carbocycles. The lowest BCUT2D eigenvalue weighted by atomic mass is 9.78. The van der Waals surface area contributed by atoms with Crippen LogP contribution < -0.4 is 0 Å². The van der Waals surface area contributed by atoms with Crippen molar-refractivity contribution < 1.29 is 0 Å². The Morgan fingerprint density at radius 3 is 1.69 bits per heavy atom. The standard InChI is InChI=1S/C48H33N3/c1-48(2)42-22-11-10-19-39(42)43-41(29-40-37(20-12-21-38(40)44(43)48)35-25-23-30-13-6-8-17-33(30)27-35)47-50-45(32-15-4-3-5-16-32)49-46(51-47)36-26-24-31-14-7-9-18-34(31)28-36/h3-29H,1-2H3. The van der Waals surface area contributed by atoms with E-state index >= 15 is 0 Å². The van der Waals surface area contributed by atoms with Crippen LogP contribution >= 0.6 is 0 Å². The van der Waals surface area contributed by atoms with Crippen LogP contribution in [0.1, 0.15) is 25.0 Å². The van der Waals surface area contributed by atoms with E-state index in [4.69, 9.17) is 15.0 Å². The summed E-state index contributed by atoms with van der Waals surface area (Å²) in [5.41, 5.74) is 10.2. The molecule has 3 nitrogen and oxygen atoms in total. The highest BCUT2D eigenvalue weighted by atomic mass is 15.0. The maximum absolute atomic E-state index is 5.33. The van der Waals surface area contributed by atoms with Gasteiger partial charge in [-0.25, -0.2) is 15.0 Å². The summed E-state index contributed by atoms with van der Waals surface area (Å²) in [6.07, 6.45) is 0. The lowest BCUT2D eigenvalue weighted by Gasteiger charge is -2.24. The fourth-order valence-electron chi connectivity index (χ4n) is 8.19. The second-order valence-corrected chi connectivity index (χ2v) is 14.0. The van der Waals surface area contributed by atoms with Crippen molar-refractivity contribution in [3.05, 3.63) is 175 Å². The Bertz CT molecular complexity index is 2830. The number of nitrogens with zero attached hydrogens (tertiary/aromatic N) is 3. The van der Waals surface area contributed by atoms with Gasteiger partial charge in [0.25, 0.3) is 0 Å². The van der Waals surface area contributed by atoms with Gasteiger partial charge in [0.15, 0.2) is 17.5 Å². The summed E-state index contributed by atoms with van der Waals surface area (Å²) in [5.74, 6) is 1.99. The van der Waals surface area contributed by atoms with Crippen molar-refractivity contribution in [2.75, 3.05) is 0 Å². The molecule has 240 valence electrons. The Kier molecular flexibility index (Phi) is 6.53. The third-order valence-electron chi connectivity index (χ3n) is 10.7. The topological polar surface area (TPSA) is 38.7 Å². The van der Waals surface area contributed by atoms with Gasteiger partial charge in [0.1, 0.15) is 0 Å². The summed E-state index contributed by atoms with van der Waals surface area (Å²) in [7, 11) is 0. The average molecular weight is 652 g/mol. The Morgan fingerprint density at radius 2 is 0.941 bits per heavy atom. The minimum absolute atomic E-state index is 0.237. The SMILES string of the molecule is CC1(C)c2ccccc2-c2c(-c3nc(-c4ccccc4)nc(-c4ccc5ccccc5c4)n3)cc3c(-c4ccc5ccccc5c4)cccc3c21. The van der Waals surface area contributed by atoms with Crippen LogP contribution in [0, 0.1) is 0 Å². The first-order valence-electron chi connectivity index (χ1n) is 17.5. The average Bonchev–Trinajstić information content (AvgIpc) is 3.44. The zero-order valence-electron chi connectivity index (χ0n) is 28.4. The van der Waals surface area contributed by atoms with Crippen molar-refractivity contribution in [1.82, 2.24) is 15.0 Å². The molecule has 0 amide bonds. The second-order valence-electron chi connectivity index (χ2n) is 14.0. The lowest BCUT2D eigenvalue weighted by Crippen LogP contribution is -2.15. The minimum Gasteiger partial charge on any atom is -0.208 e. The van der Waals surface area contributed by atoms with Crippen molar-refractivity contribution in [3.63, 3.8) is 0 Å². The summed E-state index contributed by atoms with van der Waals surface area (Å²) in [6.45, 7) is 4.71. The molecule has 1 heterocycles. The van der Waals surface area contributed by atoms with Gasteiger partial charge in [-0.1, -0.05) is 159 Å². The van der Waals surface area contributed by atoms with Gasteiger partial charge < -0.3 is 0 Å². The first kappa shape index (κ1) is 29.5. The molecule has 0 fully saturated rings. The monoisotopic (exact) mass is 651 g/mol. The van der Waals surface area contributed by atoms with Crippen LogP contribution in [-0.2, 0) is 5.41 Å². The molecule has 0 bridgehead atoms. The number of hydrogen-bond donors (Lipinski definition) is 0.